The maximum absolute atomic E-state index is 12.7. The lowest BCUT2D eigenvalue weighted by Crippen LogP contribution is -2.37. The maximum Gasteiger partial charge on any atom is 0.221 e. The molecule has 132 valence electrons. The highest BCUT2D eigenvalue weighted by atomic mass is 16.3. The van der Waals surface area contributed by atoms with Gasteiger partial charge in [-0.15, -0.1) is 0 Å². The number of carbonyl (C=O) groups is 1. The molecule has 2 N–H and O–H groups in total. The van der Waals surface area contributed by atoms with E-state index >= 15 is 0 Å². The molecule has 0 spiro atoms. The quantitative estimate of drug-likeness (QED) is 0.850. The van der Waals surface area contributed by atoms with Gasteiger partial charge >= 0.3 is 0 Å². The van der Waals surface area contributed by atoms with E-state index in [0.29, 0.717) is 6.42 Å². The standard InChI is InChI=1S/C21H26N2O2/c1-23-14-18(12-19(23)15-24)22-21(25)13-20(16-8-4-2-5-9-16)17-10-6-3-7-11-17/h2-11,18-20,24H,12-15H2,1H3,(H,22,25)/t18-,19+/m1/s1. The molecule has 0 radical (unpaired) electrons. The van der Waals surface area contributed by atoms with Crippen LogP contribution < -0.4 is 5.32 Å². The summed E-state index contributed by atoms with van der Waals surface area (Å²) in [7, 11) is 1.99. The number of nitrogens with one attached hydrogen (secondary N) is 1. The summed E-state index contributed by atoms with van der Waals surface area (Å²) in [5.74, 6) is 0.116. The van der Waals surface area contributed by atoms with Crippen LogP contribution in [0.2, 0.25) is 0 Å². The molecule has 1 saturated heterocycles. The fourth-order valence-corrected chi connectivity index (χ4v) is 3.67. The molecule has 2 atom stereocenters. The number of amides is 1. The second kappa shape index (κ2) is 8.28. The van der Waals surface area contributed by atoms with Crippen LogP contribution in [0.4, 0.5) is 0 Å². The van der Waals surface area contributed by atoms with Gasteiger partial charge in [-0.05, 0) is 24.6 Å². The van der Waals surface area contributed by atoms with E-state index in [0.717, 1.165) is 24.1 Å². The maximum atomic E-state index is 12.7. The molecule has 1 aliphatic rings. The van der Waals surface area contributed by atoms with Crippen LogP contribution in [0.5, 0.6) is 0 Å². The number of hydrogen-bond acceptors (Lipinski definition) is 3. The molecular weight excluding hydrogens is 312 g/mol. The van der Waals surface area contributed by atoms with Crippen molar-refractivity contribution in [2.75, 3.05) is 20.2 Å². The minimum atomic E-state index is 0.0511. The first kappa shape index (κ1) is 17.6. The molecule has 2 aromatic carbocycles. The summed E-state index contributed by atoms with van der Waals surface area (Å²) in [6.45, 7) is 0.928. The first-order chi connectivity index (χ1) is 12.2. The summed E-state index contributed by atoms with van der Waals surface area (Å²) in [5.41, 5.74) is 2.31. The Hall–Kier alpha value is -2.17. The number of benzene rings is 2. The zero-order valence-electron chi connectivity index (χ0n) is 14.6. The zero-order chi connectivity index (χ0) is 17.6. The number of likely N-dealkylation sites (N-methyl/N-ethyl adjacent to an activating group) is 1. The fraction of sp³-hybridized carbons (Fsp3) is 0.381. The second-order valence-corrected chi connectivity index (χ2v) is 6.85. The van der Waals surface area contributed by atoms with Gasteiger partial charge in [-0.25, -0.2) is 0 Å². The van der Waals surface area contributed by atoms with Gasteiger partial charge in [0.25, 0.3) is 0 Å². The summed E-state index contributed by atoms with van der Waals surface area (Å²) >= 11 is 0. The first-order valence-corrected chi connectivity index (χ1v) is 8.87. The summed E-state index contributed by atoms with van der Waals surface area (Å²) in [6, 6.07) is 20.6. The van der Waals surface area contributed by atoms with Crippen LogP contribution in [-0.2, 0) is 4.79 Å². The van der Waals surface area contributed by atoms with Gasteiger partial charge in [0.1, 0.15) is 0 Å². The van der Waals surface area contributed by atoms with Crippen LogP contribution in [0.25, 0.3) is 0 Å². The summed E-state index contributed by atoms with van der Waals surface area (Å²) < 4.78 is 0. The van der Waals surface area contributed by atoms with Crippen LogP contribution in [0.15, 0.2) is 60.7 Å². The molecule has 1 heterocycles. The third-order valence-corrected chi connectivity index (χ3v) is 5.06. The van der Waals surface area contributed by atoms with E-state index in [1.807, 2.05) is 43.4 Å². The predicted molar refractivity (Wildman–Crippen MR) is 99.4 cm³/mol. The number of aliphatic hydroxyl groups is 1. The molecule has 0 aliphatic carbocycles. The van der Waals surface area contributed by atoms with E-state index in [2.05, 4.69) is 34.5 Å². The van der Waals surface area contributed by atoms with Crippen molar-refractivity contribution in [2.24, 2.45) is 0 Å². The van der Waals surface area contributed by atoms with Crippen molar-refractivity contribution in [3.63, 3.8) is 0 Å². The van der Waals surface area contributed by atoms with Crippen molar-refractivity contribution < 1.29 is 9.90 Å². The molecule has 2 aromatic rings. The van der Waals surface area contributed by atoms with Gasteiger partial charge < -0.3 is 10.4 Å². The Morgan fingerprint density at radius 2 is 1.68 bits per heavy atom. The summed E-state index contributed by atoms with van der Waals surface area (Å²) in [4.78, 5) is 14.8. The monoisotopic (exact) mass is 338 g/mol. The molecule has 0 unspecified atom stereocenters. The minimum absolute atomic E-state index is 0.0511. The number of aliphatic hydroxyl groups excluding tert-OH is 1. The van der Waals surface area contributed by atoms with Gasteiger partial charge in [-0.3, -0.25) is 9.69 Å². The SMILES string of the molecule is CN1C[C@H](NC(=O)CC(c2ccccc2)c2ccccc2)C[C@H]1CO. The topological polar surface area (TPSA) is 52.6 Å². The van der Waals surface area contributed by atoms with Crippen LogP contribution in [0, 0.1) is 0 Å². The van der Waals surface area contributed by atoms with Crippen molar-refractivity contribution in [1.29, 1.82) is 0 Å². The molecule has 4 heteroatoms. The molecular formula is C21H26N2O2. The number of hydrogen-bond donors (Lipinski definition) is 2. The van der Waals surface area contributed by atoms with E-state index in [9.17, 15) is 9.90 Å². The normalized spacial score (nSPS) is 20.8. The predicted octanol–water partition coefficient (Wildman–Crippen LogP) is 2.39. The molecule has 0 aromatic heterocycles. The van der Waals surface area contributed by atoms with E-state index in [1.54, 1.807) is 0 Å². The van der Waals surface area contributed by atoms with E-state index in [-0.39, 0.29) is 30.5 Å². The van der Waals surface area contributed by atoms with Crippen LogP contribution in [0.1, 0.15) is 29.9 Å². The highest BCUT2D eigenvalue weighted by Gasteiger charge is 2.30. The largest absolute Gasteiger partial charge is 0.395 e. The number of carbonyl (C=O) groups excluding carboxylic acids is 1. The van der Waals surface area contributed by atoms with Crippen molar-refractivity contribution in [3.05, 3.63) is 71.8 Å². The van der Waals surface area contributed by atoms with Gasteiger partial charge in [0, 0.05) is 31.0 Å². The van der Waals surface area contributed by atoms with E-state index in [4.69, 9.17) is 0 Å². The Bertz CT molecular complexity index is 635. The first-order valence-electron chi connectivity index (χ1n) is 8.87. The zero-order valence-corrected chi connectivity index (χ0v) is 14.6. The van der Waals surface area contributed by atoms with Crippen LogP contribution >= 0.6 is 0 Å². The van der Waals surface area contributed by atoms with E-state index < -0.39 is 0 Å². The van der Waals surface area contributed by atoms with Crippen molar-refractivity contribution in [2.45, 2.75) is 30.8 Å². The van der Waals surface area contributed by atoms with Gasteiger partial charge in [0.15, 0.2) is 0 Å². The Morgan fingerprint density at radius 3 is 2.16 bits per heavy atom. The molecule has 3 rings (SSSR count). The highest BCUT2D eigenvalue weighted by molar-refractivity contribution is 5.78. The lowest BCUT2D eigenvalue weighted by Gasteiger charge is -2.19. The van der Waals surface area contributed by atoms with Crippen molar-refractivity contribution in [1.82, 2.24) is 10.2 Å². The lowest BCUT2D eigenvalue weighted by molar-refractivity contribution is -0.121. The molecule has 4 nitrogen and oxygen atoms in total. The van der Waals surface area contributed by atoms with Gasteiger partial charge in [-0.2, -0.15) is 0 Å². The molecule has 25 heavy (non-hydrogen) atoms. The second-order valence-electron chi connectivity index (χ2n) is 6.85. The number of likely N-dealkylation sites (tertiary alicyclic amines) is 1. The third-order valence-electron chi connectivity index (χ3n) is 5.06. The lowest BCUT2D eigenvalue weighted by atomic mass is 9.88. The third kappa shape index (κ3) is 4.47. The Kier molecular flexibility index (Phi) is 5.84. The van der Waals surface area contributed by atoms with Crippen LogP contribution in [-0.4, -0.2) is 48.2 Å². The van der Waals surface area contributed by atoms with Crippen molar-refractivity contribution in [3.8, 4) is 0 Å². The molecule has 1 amide bonds. The number of nitrogens with zero attached hydrogens (tertiary/aromatic N) is 1. The number of rotatable bonds is 6. The smallest absolute Gasteiger partial charge is 0.221 e. The van der Waals surface area contributed by atoms with Gasteiger partial charge in [0.2, 0.25) is 5.91 Å². The average Bonchev–Trinajstić information content (AvgIpc) is 3.00. The Labute approximate surface area is 149 Å². The fourth-order valence-electron chi connectivity index (χ4n) is 3.67. The van der Waals surface area contributed by atoms with Crippen molar-refractivity contribution >= 4 is 5.91 Å². The highest BCUT2D eigenvalue weighted by Crippen LogP contribution is 2.28. The summed E-state index contributed by atoms with van der Waals surface area (Å²) in [6.07, 6.45) is 1.23. The molecule has 1 fully saturated rings. The van der Waals surface area contributed by atoms with Gasteiger partial charge in [0.05, 0.1) is 6.61 Å². The molecule has 1 aliphatic heterocycles. The van der Waals surface area contributed by atoms with E-state index in [1.165, 1.54) is 0 Å². The molecule has 0 bridgehead atoms. The summed E-state index contributed by atoms with van der Waals surface area (Å²) in [5, 5.41) is 12.5. The Morgan fingerprint density at radius 1 is 1.12 bits per heavy atom. The minimum Gasteiger partial charge on any atom is -0.395 e. The van der Waals surface area contributed by atoms with Crippen LogP contribution in [0.3, 0.4) is 0 Å². The Balaban J connectivity index is 1.69. The van der Waals surface area contributed by atoms with Gasteiger partial charge in [-0.1, -0.05) is 60.7 Å². The molecule has 0 saturated carbocycles. The average molecular weight is 338 g/mol.